The van der Waals surface area contributed by atoms with E-state index in [9.17, 15) is 13.2 Å². The summed E-state index contributed by atoms with van der Waals surface area (Å²) in [7, 11) is -3.59. The smallest absolute Gasteiger partial charge is 0.243 e. The van der Waals surface area contributed by atoms with Gasteiger partial charge in [-0.2, -0.15) is 9.40 Å². The van der Waals surface area contributed by atoms with E-state index in [-0.39, 0.29) is 10.8 Å². The molecule has 8 nitrogen and oxygen atoms in total. The summed E-state index contributed by atoms with van der Waals surface area (Å²) in [5.41, 5.74) is 2.04. The summed E-state index contributed by atoms with van der Waals surface area (Å²) >= 11 is 0. The normalized spacial score (nSPS) is 15.6. The van der Waals surface area contributed by atoms with E-state index in [0.717, 1.165) is 11.5 Å². The van der Waals surface area contributed by atoms with Crippen LogP contribution in [0.5, 0.6) is 0 Å². The maximum Gasteiger partial charge on any atom is 0.243 e. The van der Waals surface area contributed by atoms with Crippen LogP contribution in [0.25, 0.3) is 0 Å². The van der Waals surface area contributed by atoms with Gasteiger partial charge in [0.25, 0.3) is 0 Å². The highest BCUT2D eigenvalue weighted by Gasteiger charge is 2.30. The van der Waals surface area contributed by atoms with Crippen molar-refractivity contribution in [1.82, 2.24) is 14.5 Å². The summed E-state index contributed by atoms with van der Waals surface area (Å²) < 4.78 is 27.5. The van der Waals surface area contributed by atoms with Crippen molar-refractivity contribution in [3.63, 3.8) is 0 Å². The predicted molar refractivity (Wildman–Crippen MR) is 103 cm³/mol. The molecule has 0 spiro atoms. The number of carbonyl (C=O) groups excluding carboxylic acids is 1. The molecule has 1 aromatic carbocycles. The summed E-state index contributed by atoms with van der Waals surface area (Å²) in [6.07, 6.45) is 0. The molecule has 2 aromatic rings. The number of anilines is 2. The van der Waals surface area contributed by atoms with Crippen LogP contribution in [0.1, 0.15) is 18.2 Å². The minimum Gasteiger partial charge on any atom is -0.352 e. The molecule has 0 radical (unpaired) electrons. The number of carbonyl (C=O) groups is 1. The molecule has 144 valence electrons. The quantitative estimate of drug-likeness (QED) is 0.853. The average molecular weight is 389 g/mol. The first-order valence-corrected chi connectivity index (χ1v) is 10.1. The van der Waals surface area contributed by atoms with Crippen molar-refractivity contribution in [2.75, 3.05) is 36.4 Å². The molecule has 1 aliphatic heterocycles. The molecule has 0 bridgehead atoms. The highest BCUT2D eigenvalue weighted by Crippen LogP contribution is 2.25. The summed E-state index contributed by atoms with van der Waals surface area (Å²) in [6.45, 7) is 6.89. The van der Waals surface area contributed by atoms with Gasteiger partial charge in [-0.15, -0.1) is 5.10 Å². The highest BCUT2D eigenvalue weighted by molar-refractivity contribution is 7.89. The third-order valence-electron chi connectivity index (χ3n) is 4.46. The van der Waals surface area contributed by atoms with Crippen LogP contribution >= 0.6 is 0 Å². The van der Waals surface area contributed by atoms with E-state index in [2.05, 4.69) is 15.5 Å². The van der Waals surface area contributed by atoms with E-state index < -0.39 is 10.0 Å². The molecule has 9 heteroatoms. The van der Waals surface area contributed by atoms with Crippen LogP contribution in [0.15, 0.2) is 35.2 Å². The lowest BCUT2D eigenvalue weighted by molar-refractivity contribution is -0.114. The molecule has 1 aliphatic rings. The second-order valence-corrected chi connectivity index (χ2v) is 8.49. The Hall–Kier alpha value is -2.52. The van der Waals surface area contributed by atoms with Gasteiger partial charge in [-0.1, -0.05) is 0 Å². The molecule has 1 saturated heterocycles. The zero-order chi connectivity index (χ0) is 19.6. The molecule has 2 heterocycles. The molecule has 0 unspecified atom stereocenters. The SMILES string of the molecule is CC(=O)Nc1ccc(S(=O)(=O)N2CCN(c3ccc(C)nn3)CC2)c(C)c1. The Bertz CT molecular complexity index is 936. The number of nitrogens with zero attached hydrogens (tertiary/aromatic N) is 4. The summed E-state index contributed by atoms with van der Waals surface area (Å²) in [5, 5.41) is 10.9. The van der Waals surface area contributed by atoms with Crippen molar-refractivity contribution < 1.29 is 13.2 Å². The summed E-state index contributed by atoms with van der Waals surface area (Å²) in [4.78, 5) is 13.5. The number of benzene rings is 1. The van der Waals surface area contributed by atoms with E-state index >= 15 is 0 Å². The summed E-state index contributed by atoms with van der Waals surface area (Å²) in [6, 6.07) is 8.63. The van der Waals surface area contributed by atoms with Crippen molar-refractivity contribution in [1.29, 1.82) is 0 Å². The van der Waals surface area contributed by atoms with Crippen LogP contribution in [0.2, 0.25) is 0 Å². The van der Waals surface area contributed by atoms with Gasteiger partial charge in [-0.05, 0) is 49.7 Å². The number of aromatic nitrogens is 2. The maximum absolute atomic E-state index is 13.0. The number of amides is 1. The standard InChI is InChI=1S/C18H23N5O3S/c1-13-12-16(19-15(3)24)5-6-17(13)27(25,26)23-10-8-22(9-11-23)18-7-4-14(2)20-21-18/h4-7,12H,8-11H2,1-3H3,(H,19,24). The predicted octanol–water partition coefficient (Wildman–Crippen LogP) is 1.56. The van der Waals surface area contributed by atoms with E-state index in [1.54, 1.807) is 25.1 Å². The minimum absolute atomic E-state index is 0.194. The fourth-order valence-electron chi connectivity index (χ4n) is 3.08. The molecule has 0 aliphatic carbocycles. The molecule has 1 N–H and O–H groups in total. The van der Waals surface area contributed by atoms with Gasteiger partial charge in [0.05, 0.1) is 10.6 Å². The molecule has 27 heavy (non-hydrogen) atoms. The van der Waals surface area contributed by atoms with Crippen molar-refractivity contribution >= 4 is 27.4 Å². The third-order valence-corrected chi connectivity index (χ3v) is 6.52. The number of hydrogen-bond acceptors (Lipinski definition) is 6. The van der Waals surface area contributed by atoms with Crippen LogP contribution in [-0.4, -0.2) is 55.0 Å². The first-order chi connectivity index (χ1) is 12.8. The second kappa shape index (κ2) is 7.61. The van der Waals surface area contributed by atoms with E-state index in [1.807, 2.05) is 24.0 Å². The largest absolute Gasteiger partial charge is 0.352 e. The number of rotatable bonds is 4. The van der Waals surface area contributed by atoms with E-state index in [4.69, 9.17) is 0 Å². The zero-order valence-corrected chi connectivity index (χ0v) is 16.5. The van der Waals surface area contributed by atoms with E-state index in [0.29, 0.717) is 37.4 Å². The minimum atomic E-state index is -3.59. The average Bonchev–Trinajstić information content (AvgIpc) is 2.62. The van der Waals surface area contributed by atoms with Gasteiger partial charge in [-0.3, -0.25) is 4.79 Å². The number of nitrogens with one attached hydrogen (secondary N) is 1. The van der Waals surface area contributed by atoms with Crippen LogP contribution in [-0.2, 0) is 14.8 Å². The van der Waals surface area contributed by atoms with Gasteiger partial charge in [0.2, 0.25) is 15.9 Å². The number of aryl methyl sites for hydroxylation is 2. The molecule has 1 aromatic heterocycles. The molecule has 0 atom stereocenters. The van der Waals surface area contributed by atoms with Crippen LogP contribution in [0.4, 0.5) is 11.5 Å². The molecule has 1 amide bonds. The first kappa shape index (κ1) is 19.2. The first-order valence-electron chi connectivity index (χ1n) is 8.71. The van der Waals surface area contributed by atoms with Gasteiger partial charge < -0.3 is 10.2 Å². The topological polar surface area (TPSA) is 95.5 Å². The van der Waals surface area contributed by atoms with Crippen LogP contribution < -0.4 is 10.2 Å². The van der Waals surface area contributed by atoms with Gasteiger partial charge in [0.1, 0.15) is 0 Å². The van der Waals surface area contributed by atoms with Gasteiger partial charge in [0, 0.05) is 38.8 Å². The van der Waals surface area contributed by atoms with Crippen molar-refractivity contribution in [2.45, 2.75) is 25.7 Å². The lowest BCUT2D eigenvalue weighted by Gasteiger charge is -2.34. The Balaban J connectivity index is 1.73. The molecular weight excluding hydrogens is 366 g/mol. The Kier molecular flexibility index (Phi) is 5.43. The second-order valence-electron chi connectivity index (χ2n) is 6.59. The Morgan fingerprint density at radius 1 is 1.04 bits per heavy atom. The fraction of sp³-hybridized carbons (Fsp3) is 0.389. The molecule has 3 rings (SSSR count). The van der Waals surface area contributed by atoms with Gasteiger partial charge >= 0.3 is 0 Å². The summed E-state index contributed by atoms with van der Waals surface area (Å²) in [5.74, 6) is 0.564. The monoisotopic (exact) mass is 389 g/mol. The van der Waals surface area contributed by atoms with Gasteiger partial charge in [0.15, 0.2) is 5.82 Å². The van der Waals surface area contributed by atoms with Crippen molar-refractivity contribution in [3.8, 4) is 0 Å². The molecular formula is C18H23N5O3S. The van der Waals surface area contributed by atoms with Crippen LogP contribution in [0.3, 0.4) is 0 Å². The zero-order valence-electron chi connectivity index (χ0n) is 15.6. The lowest BCUT2D eigenvalue weighted by atomic mass is 10.2. The highest BCUT2D eigenvalue weighted by atomic mass is 32.2. The maximum atomic E-state index is 13.0. The van der Waals surface area contributed by atoms with Crippen LogP contribution in [0, 0.1) is 13.8 Å². The van der Waals surface area contributed by atoms with Crippen molar-refractivity contribution in [2.24, 2.45) is 0 Å². The number of piperazine rings is 1. The van der Waals surface area contributed by atoms with Gasteiger partial charge in [-0.25, -0.2) is 8.42 Å². The van der Waals surface area contributed by atoms with Crippen molar-refractivity contribution in [3.05, 3.63) is 41.6 Å². The van der Waals surface area contributed by atoms with E-state index in [1.165, 1.54) is 11.2 Å². The Morgan fingerprint density at radius 2 is 1.74 bits per heavy atom. The molecule has 0 saturated carbocycles. The fourth-order valence-corrected chi connectivity index (χ4v) is 4.71. The Labute approximate surface area is 159 Å². The third kappa shape index (κ3) is 4.25. The Morgan fingerprint density at radius 3 is 2.30 bits per heavy atom. The number of hydrogen-bond donors (Lipinski definition) is 1. The number of sulfonamides is 1. The lowest BCUT2D eigenvalue weighted by Crippen LogP contribution is -2.49. The molecule has 1 fully saturated rings.